The van der Waals surface area contributed by atoms with Crippen LogP contribution in [0, 0.1) is 0 Å². The third kappa shape index (κ3) is 4.65. The minimum atomic E-state index is 0.0335. The van der Waals surface area contributed by atoms with Crippen LogP contribution in [0.2, 0.25) is 0 Å². The number of amides is 1. The topological polar surface area (TPSA) is 50.8 Å². The average Bonchev–Trinajstić information content (AvgIpc) is 2.64. The van der Waals surface area contributed by atoms with Crippen molar-refractivity contribution < 1.29 is 14.3 Å². The smallest absolute Gasteiger partial charge is 0.242 e. The molecule has 0 saturated carbocycles. The molecule has 5 nitrogen and oxygen atoms in total. The molecule has 2 rings (SSSR count). The van der Waals surface area contributed by atoms with Gasteiger partial charge in [-0.05, 0) is 24.6 Å². The van der Waals surface area contributed by atoms with Crippen LogP contribution in [0.25, 0.3) is 0 Å². The molecule has 1 N–H and O–H groups in total. The predicted molar refractivity (Wildman–Crippen MR) is 95.6 cm³/mol. The summed E-state index contributed by atoms with van der Waals surface area (Å²) in [4.78, 5) is 14.3. The lowest BCUT2D eigenvalue weighted by Gasteiger charge is -2.22. The minimum absolute atomic E-state index is 0.0335. The number of hydrogen-bond donors (Lipinski definition) is 1. The van der Waals surface area contributed by atoms with Gasteiger partial charge in [-0.2, -0.15) is 0 Å². The van der Waals surface area contributed by atoms with Crippen LogP contribution in [0.1, 0.15) is 12.5 Å². The Labute approximate surface area is 143 Å². The molecule has 0 saturated heterocycles. The lowest BCUT2D eigenvalue weighted by molar-refractivity contribution is -0.129. The summed E-state index contributed by atoms with van der Waals surface area (Å²) < 4.78 is 10.5. The Morgan fingerprint density at radius 2 is 1.83 bits per heavy atom. The molecule has 0 aliphatic carbocycles. The molecule has 5 heteroatoms. The number of anilines is 1. The normalized spacial score (nSPS) is 10.1. The van der Waals surface area contributed by atoms with Gasteiger partial charge >= 0.3 is 0 Å². The number of ether oxygens (including phenoxy) is 2. The van der Waals surface area contributed by atoms with Gasteiger partial charge in [0.15, 0.2) is 0 Å². The van der Waals surface area contributed by atoms with E-state index in [-0.39, 0.29) is 12.5 Å². The summed E-state index contributed by atoms with van der Waals surface area (Å²) in [6.45, 7) is 3.44. The molecular formula is C19H24N2O3. The highest BCUT2D eigenvalue weighted by Gasteiger charge is 2.13. The van der Waals surface area contributed by atoms with E-state index in [1.165, 1.54) is 0 Å². The van der Waals surface area contributed by atoms with Crippen molar-refractivity contribution in [2.24, 2.45) is 0 Å². The van der Waals surface area contributed by atoms with E-state index >= 15 is 0 Å². The average molecular weight is 328 g/mol. The monoisotopic (exact) mass is 328 g/mol. The Bertz CT molecular complexity index is 659. The van der Waals surface area contributed by atoms with Gasteiger partial charge in [-0.15, -0.1) is 0 Å². The maximum atomic E-state index is 12.5. The second kappa shape index (κ2) is 8.82. The molecule has 0 unspecified atom stereocenters. The number of nitrogens with one attached hydrogen (secondary N) is 1. The second-order valence-electron chi connectivity index (χ2n) is 5.31. The molecule has 0 bridgehead atoms. The maximum absolute atomic E-state index is 12.5. The fourth-order valence-corrected chi connectivity index (χ4v) is 2.41. The van der Waals surface area contributed by atoms with Crippen molar-refractivity contribution in [1.29, 1.82) is 0 Å². The van der Waals surface area contributed by atoms with Gasteiger partial charge in [0.05, 0.1) is 26.5 Å². The van der Waals surface area contributed by atoms with Crippen LogP contribution in [0.15, 0.2) is 48.5 Å². The van der Waals surface area contributed by atoms with E-state index in [2.05, 4.69) is 5.32 Å². The molecule has 2 aromatic carbocycles. The molecule has 1 amide bonds. The summed E-state index contributed by atoms with van der Waals surface area (Å²) in [7, 11) is 3.21. The van der Waals surface area contributed by atoms with Crippen molar-refractivity contribution in [2.75, 3.05) is 32.6 Å². The zero-order valence-corrected chi connectivity index (χ0v) is 14.4. The van der Waals surface area contributed by atoms with Crippen LogP contribution in [0.5, 0.6) is 11.5 Å². The molecule has 0 spiro atoms. The standard InChI is InChI=1S/C19H24N2O3/c1-4-21(14-15-8-6-5-7-9-15)19(22)13-20-17-12-16(23-2)10-11-18(17)24-3/h5-12,20H,4,13-14H2,1-3H3. The fraction of sp³-hybridized carbons (Fsp3) is 0.316. The molecule has 0 aromatic heterocycles. The highest BCUT2D eigenvalue weighted by Crippen LogP contribution is 2.28. The van der Waals surface area contributed by atoms with E-state index in [9.17, 15) is 4.79 Å². The zero-order valence-electron chi connectivity index (χ0n) is 14.4. The molecule has 2 aromatic rings. The third-order valence-electron chi connectivity index (χ3n) is 3.79. The lowest BCUT2D eigenvalue weighted by Crippen LogP contribution is -2.35. The van der Waals surface area contributed by atoms with Crippen LogP contribution in [0.3, 0.4) is 0 Å². The van der Waals surface area contributed by atoms with Crippen LogP contribution in [-0.2, 0) is 11.3 Å². The van der Waals surface area contributed by atoms with Crippen molar-refractivity contribution in [3.8, 4) is 11.5 Å². The zero-order chi connectivity index (χ0) is 17.4. The molecule has 24 heavy (non-hydrogen) atoms. The number of carbonyl (C=O) groups is 1. The first-order valence-electron chi connectivity index (χ1n) is 7.95. The summed E-state index contributed by atoms with van der Waals surface area (Å²) in [6.07, 6.45) is 0. The minimum Gasteiger partial charge on any atom is -0.497 e. The number of nitrogens with zero attached hydrogens (tertiary/aromatic N) is 1. The van der Waals surface area contributed by atoms with Crippen molar-refractivity contribution in [3.05, 3.63) is 54.1 Å². The maximum Gasteiger partial charge on any atom is 0.242 e. The number of rotatable bonds is 8. The quantitative estimate of drug-likeness (QED) is 0.809. The van der Waals surface area contributed by atoms with Gasteiger partial charge in [-0.3, -0.25) is 4.79 Å². The molecule has 0 fully saturated rings. The SMILES string of the molecule is CCN(Cc1ccccc1)C(=O)CNc1cc(OC)ccc1OC. The number of benzene rings is 2. The van der Waals surface area contributed by atoms with Crippen molar-refractivity contribution in [3.63, 3.8) is 0 Å². The van der Waals surface area contributed by atoms with E-state index in [1.807, 2.05) is 60.4 Å². The summed E-state index contributed by atoms with van der Waals surface area (Å²) in [6, 6.07) is 15.4. The third-order valence-corrected chi connectivity index (χ3v) is 3.79. The van der Waals surface area contributed by atoms with Gasteiger partial charge in [0.2, 0.25) is 5.91 Å². The van der Waals surface area contributed by atoms with Crippen LogP contribution < -0.4 is 14.8 Å². The van der Waals surface area contributed by atoms with Gasteiger partial charge in [-0.25, -0.2) is 0 Å². The highest BCUT2D eigenvalue weighted by molar-refractivity contribution is 5.81. The highest BCUT2D eigenvalue weighted by atomic mass is 16.5. The van der Waals surface area contributed by atoms with E-state index in [4.69, 9.17) is 9.47 Å². The number of methoxy groups -OCH3 is 2. The molecular weight excluding hydrogens is 304 g/mol. The van der Waals surface area contributed by atoms with Gasteiger partial charge in [0.1, 0.15) is 11.5 Å². The first kappa shape index (κ1) is 17.7. The van der Waals surface area contributed by atoms with Crippen LogP contribution in [0.4, 0.5) is 5.69 Å². The Morgan fingerprint density at radius 3 is 2.46 bits per heavy atom. The van der Waals surface area contributed by atoms with E-state index in [1.54, 1.807) is 14.2 Å². The fourth-order valence-electron chi connectivity index (χ4n) is 2.41. The molecule has 0 aliphatic rings. The van der Waals surface area contributed by atoms with Crippen molar-refractivity contribution >= 4 is 11.6 Å². The lowest BCUT2D eigenvalue weighted by atomic mass is 10.2. The number of carbonyl (C=O) groups excluding carboxylic acids is 1. The first-order chi connectivity index (χ1) is 11.7. The van der Waals surface area contributed by atoms with Crippen LogP contribution >= 0.6 is 0 Å². The van der Waals surface area contributed by atoms with Crippen molar-refractivity contribution in [1.82, 2.24) is 4.90 Å². The molecule has 0 atom stereocenters. The van der Waals surface area contributed by atoms with Gasteiger partial charge in [0.25, 0.3) is 0 Å². The van der Waals surface area contributed by atoms with Gasteiger partial charge < -0.3 is 19.7 Å². The largest absolute Gasteiger partial charge is 0.497 e. The van der Waals surface area contributed by atoms with Gasteiger partial charge in [-0.1, -0.05) is 30.3 Å². The Hall–Kier alpha value is -2.69. The molecule has 128 valence electrons. The van der Waals surface area contributed by atoms with E-state index in [0.29, 0.717) is 24.6 Å². The number of likely N-dealkylation sites (N-methyl/N-ethyl adjacent to an activating group) is 1. The summed E-state index contributed by atoms with van der Waals surface area (Å²) >= 11 is 0. The molecule has 0 radical (unpaired) electrons. The first-order valence-corrected chi connectivity index (χ1v) is 7.95. The Kier molecular flexibility index (Phi) is 6.49. The van der Waals surface area contributed by atoms with Gasteiger partial charge in [0, 0.05) is 19.2 Å². The predicted octanol–water partition coefficient (Wildman–Crippen LogP) is 3.16. The summed E-state index contributed by atoms with van der Waals surface area (Å²) in [5.74, 6) is 1.42. The molecule has 0 aliphatic heterocycles. The van der Waals surface area contributed by atoms with E-state index in [0.717, 1.165) is 11.3 Å². The summed E-state index contributed by atoms with van der Waals surface area (Å²) in [5, 5.41) is 3.14. The second-order valence-corrected chi connectivity index (χ2v) is 5.31. The van der Waals surface area contributed by atoms with Crippen LogP contribution in [-0.4, -0.2) is 38.1 Å². The molecule has 0 heterocycles. The Balaban J connectivity index is 2.00. The summed E-state index contributed by atoms with van der Waals surface area (Å²) in [5.41, 5.74) is 1.85. The Morgan fingerprint density at radius 1 is 1.08 bits per heavy atom. The van der Waals surface area contributed by atoms with E-state index < -0.39 is 0 Å². The van der Waals surface area contributed by atoms with Crippen molar-refractivity contribution in [2.45, 2.75) is 13.5 Å². The number of hydrogen-bond acceptors (Lipinski definition) is 4.